The van der Waals surface area contributed by atoms with Crippen LogP contribution in [-0.4, -0.2) is 43.1 Å². The second kappa shape index (κ2) is 6.81. The predicted octanol–water partition coefficient (Wildman–Crippen LogP) is 3.41. The number of hydrogen-bond donors (Lipinski definition) is 0. The third kappa shape index (κ3) is 3.11. The Kier molecular flexibility index (Phi) is 4.76. The van der Waals surface area contributed by atoms with Crippen molar-refractivity contribution in [3.8, 4) is 11.5 Å². The Morgan fingerprint density at radius 2 is 2.08 bits per heavy atom. The number of aryl methyl sites for hydroxylation is 2. The van der Waals surface area contributed by atoms with Gasteiger partial charge in [0, 0.05) is 24.6 Å². The summed E-state index contributed by atoms with van der Waals surface area (Å²) in [7, 11) is 3.33. The van der Waals surface area contributed by atoms with Gasteiger partial charge in [-0.1, -0.05) is 0 Å². The lowest BCUT2D eigenvalue weighted by atomic mass is 9.97. The van der Waals surface area contributed by atoms with Gasteiger partial charge in [0.2, 0.25) is 0 Å². The van der Waals surface area contributed by atoms with Crippen LogP contribution in [0.25, 0.3) is 0 Å². The van der Waals surface area contributed by atoms with Gasteiger partial charge in [-0.25, -0.2) is 4.98 Å². The summed E-state index contributed by atoms with van der Waals surface area (Å²) in [5.74, 6) is 2.00. The van der Waals surface area contributed by atoms with E-state index in [2.05, 4.69) is 4.98 Å². The van der Waals surface area contributed by atoms with Crippen LogP contribution in [0.3, 0.4) is 0 Å². The molecule has 0 N–H and O–H groups in total. The first-order chi connectivity index (χ1) is 11.5. The van der Waals surface area contributed by atoms with E-state index in [4.69, 9.17) is 9.47 Å². The molecule has 1 saturated heterocycles. The highest BCUT2D eigenvalue weighted by atomic mass is 32.1. The van der Waals surface area contributed by atoms with Gasteiger partial charge in [0.05, 0.1) is 24.9 Å². The van der Waals surface area contributed by atoms with Gasteiger partial charge in [-0.2, -0.15) is 0 Å². The number of amides is 1. The molecule has 0 saturated carbocycles. The van der Waals surface area contributed by atoms with Crippen LogP contribution in [0.4, 0.5) is 0 Å². The Morgan fingerprint density at radius 3 is 2.71 bits per heavy atom. The van der Waals surface area contributed by atoms with Crippen LogP contribution in [0.15, 0.2) is 18.2 Å². The lowest BCUT2D eigenvalue weighted by Crippen LogP contribution is -2.28. The number of benzene rings is 1. The first-order valence-electron chi connectivity index (χ1n) is 7.98. The van der Waals surface area contributed by atoms with Gasteiger partial charge in [0.1, 0.15) is 16.4 Å². The van der Waals surface area contributed by atoms with Gasteiger partial charge in [-0.15, -0.1) is 11.3 Å². The summed E-state index contributed by atoms with van der Waals surface area (Å²) in [6.07, 6.45) is 0.923. The molecule has 0 spiro atoms. The van der Waals surface area contributed by atoms with Crippen LogP contribution in [0, 0.1) is 13.8 Å². The minimum Gasteiger partial charge on any atom is -0.497 e. The number of hydrogen-bond acceptors (Lipinski definition) is 5. The highest BCUT2D eigenvalue weighted by Gasteiger charge is 2.31. The summed E-state index contributed by atoms with van der Waals surface area (Å²) in [6, 6.07) is 5.83. The second-order valence-electron chi connectivity index (χ2n) is 5.99. The summed E-state index contributed by atoms with van der Waals surface area (Å²) < 4.78 is 10.8. The fourth-order valence-electron chi connectivity index (χ4n) is 3.23. The minimum absolute atomic E-state index is 0.0856. The molecule has 5 nitrogen and oxygen atoms in total. The van der Waals surface area contributed by atoms with E-state index in [9.17, 15) is 4.79 Å². The molecule has 1 aliphatic rings. The maximum atomic E-state index is 12.8. The Hall–Kier alpha value is -2.08. The second-order valence-corrected chi connectivity index (χ2v) is 7.20. The van der Waals surface area contributed by atoms with Gasteiger partial charge >= 0.3 is 0 Å². The molecule has 0 radical (unpaired) electrons. The number of ether oxygens (including phenoxy) is 2. The molecule has 6 heteroatoms. The van der Waals surface area contributed by atoms with Crippen molar-refractivity contribution in [2.45, 2.75) is 26.2 Å². The minimum atomic E-state index is 0.0856. The monoisotopic (exact) mass is 346 g/mol. The molecule has 0 aliphatic carbocycles. The number of rotatable bonds is 4. The summed E-state index contributed by atoms with van der Waals surface area (Å²) in [4.78, 5) is 19.8. The van der Waals surface area contributed by atoms with Crippen LogP contribution < -0.4 is 9.47 Å². The number of carbonyl (C=O) groups excluding carboxylic acids is 1. The van der Waals surface area contributed by atoms with Gasteiger partial charge in [0.25, 0.3) is 5.91 Å². The fraction of sp³-hybridized carbons (Fsp3) is 0.444. The number of thiazole rings is 1. The third-order valence-electron chi connectivity index (χ3n) is 4.45. The van der Waals surface area contributed by atoms with Crippen molar-refractivity contribution in [1.29, 1.82) is 0 Å². The van der Waals surface area contributed by atoms with Gasteiger partial charge in [-0.05, 0) is 38.5 Å². The van der Waals surface area contributed by atoms with Crippen LogP contribution in [0.1, 0.15) is 38.3 Å². The quantitative estimate of drug-likeness (QED) is 0.851. The van der Waals surface area contributed by atoms with Crippen molar-refractivity contribution in [2.24, 2.45) is 0 Å². The topological polar surface area (TPSA) is 51.7 Å². The average molecular weight is 346 g/mol. The fourth-order valence-corrected chi connectivity index (χ4v) is 4.12. The molecule has 1 aromatic carbocycles. The lowest BCUT2D eigenvalue weighted by molar-refractivity contribution is 0.0794. The van der Waals surface area contributed by atoms with Crippen LogP contribution >= 0.6 is 11.3 Å². The van der Waals surface area contributed by atoms with Crippen LogP contribution in [0.5, 0.6) is 11.5 Å². The van der Waals surface area contributed by atoms with E-state index < -0.39 is 0 Å². The molecule has 1 amide bonds. The highest BCUT2D eigenvalue weighted by molar-refractivity contribution is 7.13. The lowest BCUT2D eigenvalue weighted by Gasteiger charge is -2.18. The van der Waals surface area contributed by atoms with Crippen molar-refractivity contribution in [2.75, 3.05) is 27.3 Å². The maximum Gasteiger partial charge on any atom is 0.265 e. The van der Waals surface area contributed by atoms with Crippen molar-refractivity contribution >= 4 is 17.2 Å². The number of carbonyl (C=O) groups is 1. The Bertz CT molecular complexity index is 757. The van der Waals surface area contributed by atoms with E-state index in [1.165, 1.54) is 11.3 Å². The standard InChI is InChI=1S/C18H22N2O3S/c1-11-17(24-12(2)19-11)18(21)20-8-7-13(10-20)15-9-14(22-3)5-6-16(15)23-4/h5-6,9,13H,7-8,10H2,1-4H3/t13-/m0/s1. The molecule has 3 rings (SSSR count). The largest absolute Gasteiger partial charge is 0.497 e. The van der Waals surface area contributed by atoms with Crippen LogP contribution in [0.2, 0.25) is 0 Å². The van der Waals surface area contributed by atoms with E-state index in [-0.39, 0.29) is 11.8 Å². The Balaban J connectivity index is 1.80. The summed E-state index contributed by atoms with van der Waals surface area (Å²) in [5, 5.41) is 0.932. The number of likely N-dealkylation sites (tertiary alicyclic amines) is 1. The van der Waals surface area contributed by atoms with E-state index >= 15 is 0 Å². The van der Waals surface area contributed by atoms with Gasteiger partial charge in [0.15, 0.2) is 0 Å². The Labute approximate surface area is 146 Å². The zero-order valence-electron chi connectivity index (χ0n) is 14.5. The summed E-state index contributed by atoms with van der Waals surface area (Å²) >= 11 is 1.47. The SMILES string of the molecule is COc1ccc(OC)c([C@H]2CCN(C(=O)c3sc(C)nc3C)C2)c1. The number of methoxy groups -OCH3 is 2. The van der Waals surface area contributed by atoms with E-state index in [0.29, 0.717) is 6.54 Å². The molecular formula is C18H22N2O3S. The van der Waals surface area contributed by atoms with E-state index in [1.54, 1.807) is 14.2 Å². The molecule has 2 heterocycles. The molecular weight excluding hydrogens is 324 g/mol. The summed E-state index contributed by atoms with van der Waals surface area (Å²) in [6.45, 7) is 5.27. The number of nitrogens with zero attached hydrogens (tertiary/aromatic N) is 2. The average Bonchev–Trinajstić information content (AvgIpc) is 3.20. The van der Waals surface area contributed by atoms with E-state index in [1.807, 2.05) is 36.9 Å². The summed E-state index contributed by atoms with van der Waals surface area (Å²) in [5.41, 5.74) is 1.93. The molecule has 128 valence electrons. The van der Waals surface area contributed by atoms with Crippen molar-refractivity contribution in [1.82, 2.24) is 9.88 Å². The normalized spacial score (nSPS) is 17.2. The Morgan fingerprint density at radius 1 is 1.29 bits per heavy atom. The molecule has 1 fully saturated rings. The van der Waals surface area contributed by atoms with Gasteiger partial charge in [-0.3, -0.25) is 4.79 Å². The molecule has 1 aliphatic heterocycles. The highest BCUT2D eigenvalue weighted by Crippen LogP contribution is 2.36. The first-order valence-corrected chi connectivity index (χ1v) is 8.80. The van der Waals surface area contributed by atoms with Crippen molar-refractivity contribution in [3.05, 3.63) is 39.3 Å². The molecule has 24 heavy (non-hydrogen) atoms. The molecule has 1 aromatic heterocycles. The molecule has 0 unspecified atom stereocenters. The zero-order chi connectivity index (χ0) is 17.3. The molecule has 0 bridgehead atoms. The predicted molar refractivity (Wildman–Crippen MR) is 94.4 cm³/mol. The molecule has 1 atom stereocenters. The van der Waals surface area contributed by atoms with Crippen molar-refractivity contribution in [3.63, 3.8) is 0 Å². The van der Waals surface area contributed by atoms with Crippen molar-refractivity contribution < 1.29 is 14.3 Å². The maximum absolute atomic E-state index is 12.8. The van der Waals surface area contributed by atoms with Crippen LogP contribution in [-0.2, 0) is 0 Å². The number of aromatic nitrogens is 1. The molecule has 2 aromatic rings. The van der Waals surface area contributed by atoms with E-state index in [0.717, 1.165) is 45.6 Å². The smallest absolute Gasteiger partial charge is 0.265 e. The third-order valence-corrected chi connectivity index (χ3v) is 5.51. The zero-order valence-corrected chi connectivity index (χ0v) is 15.3. The van der Waals surface area contributed by atoms with Gasteiger partial charge < -0.3 is 14.4 Å². The first kappa shape index (κ1) is 16.8.